The Bertz CT molecular complexity index is 200. The second-order valence-corrected chi connectivity index (χ2v) is 5.05. The molecule has 15 heavy (non-hydrogen) atoms. The predicted molar refractivity (Wildman–Crippen MR) is 62.7 cm³/mol. The van der Waals surface area contributed by atoms with E-state index in [1.165, 1.54) is 6.42 Å². The standard InChI is InChI=1S/C12H24N2O/c1-9(2)8-10(3)13-6-7-14-12(15)11-4-5-11/h9-11,13H,4-8H2,1-3H3,(H,14,15)/t10-/m1/s1. The highest BCUT2D eigenvalue weighted by Crippen LogP contribution is 2.28. The van der Waals surface area contributed by atoms with Crippen LogP contribution >= 0.6 is 0 Å². The number of hydrogen-bond donors (Lipinski definition) is 2. The quantitative estimate of drug-likeness (QED) is 0.628. The van der Waals surface area contributed by atoms with Gasteiger partial charge in [0.1, 0.15) is 0 Å². The molecule has 88 valence electrons. The van der Waals surface area contributed by atoms with Gasteiger partial charge in [-0.05, 0) is 32.1 Å². The summed E-state index contributed by atoms with van der Waals surface area (Å²) in [5.74, 6) is 1.31. The zero-order chi connectivity index (χ0) is 11.3. The van der Waals surface area contributed by atoms with Crippen LogP contribution in [-0.4, -0.2) is 25.0 Å². The molecule has 0 radical (unpaired) electrons. The number of carbonyl (C=O) groups is 1. The lowest BCUT2D eigenvalue weighted by Gasteiger charge is -2.15. The number of nitrogens with one attached hydrogen (secondary N) is 2. The minimum atomic E-state index is 0.244. The highest BCUT2D eigenvalue weighted by Gasteiger charge is 2.28. The molecule has 0 aromatic rings. The Kier molecular flexibility index (Phi) is 5.09. The first-order valence-electron chi connectivity index (χ1n) is 6.10. The summed E-state index contributed by atoms with van der Waals surface area (Å²) < 4.78 is 0. The molecule has 1 aliphatic carbocycles. The topological polar surface area (TPSA) is 41.1 Å². The van der Waals surface area contributed by atoms with Gasteiger partial charge in [0, 0.05) is 25.0 Å². The number of amides is 1. The van der Waals surface area contributed by atoms with Gasteiger partial charge in [-0.25, -0.2) is 0 Å². The zero-order valence-electron chi connectivity index (χ0n) is 10.2. The second-order valence-electron chi connectivity index (χ2n) is 5.05. The van der Waals surface area contributed by atoms with E-state index in [1.54, 1.807) is 0 Å². The maximum Gasteiger partial charge on any atom is 0.223 e. The fraction of sp³-hybridized carbons (Fsp3) is 0.917. The van der Waals surface area contributed by atoms with E-state index >= 15 is 0 Å². The predicted octanol–water partition coefficient (Wildman–Crippen LogP) is 1.54. The van der Waals surface area contributed by atoms with E-state index in [2.05, 4.69) is 31.4 Å². The van der Waals surface area contributed by atoms with Crippen LogP contribution < -0.4 is 10.6 Å². The van der Waals surface area contributed by atoms with Crippen molar-refractivity contribution in [3.8, 4) is 0 Å². The van der Waals surface area contributed by atoms with Crippen LogP contribution in [0.2, 0.25) is 0 Å². The van der Waals surface area contributed by atoms with Crippen molar-refractivity contribution >= 4 is 5.91 Å². The van der Waals surface area contributed by atoms with Crippen molar-refractivity contribution in [3.63, 3.8) is 0 Å². The SMILES string of the molecule is CC(C)C[C@@H](C)NCCNC(=O)C1CC1. The molecule has 1 aliphatic rings. The van der Waals surface area contributed by atoms with Gasteiger partial charge in [0.2, 0.25) is 5.91 Å². The van der Waals surface area contributed by atoms with Crippen molar-refractivity contribution in [2.75, 3.05) is 13.1 Å². The van der Waals surface area contributed by atoms with Crippen LogP contribution in [0.4, 0.5) is 0 Å². The van der Waals surface area contributed by atoms with E-state index in [1.807, 2.05) is 0 Å². The van der Waals surface area contributed by atoms with Crippen molar-refractivity contribution in [3.05, 3.63) is 0 Å². The molecule has 1 fully saturated rings. The first kappa shape index (κ1) is 12.5. The Balaban J connectivity index is 1.93. The lowest BCUT2D eigenvalue weighted by Crippen LogP contribution is -2.36. The van der Waals surface area contributed by atoms with Crippen LogP contribution in [0, 0.1) is 11.8 Å². The summed E-state index contributed by atoms with van der Waals surface area (Å²) in [6.45, 7) is 8.30. The Morgan fingerprint density at radius 3 is 2.47 bits per heavy atom. The van der Waals surface area contributed by atoms with Gasteiger partial charge in [0.05, 0.1) is 0 Å². The molecular weight excluding hydrogens is 188 g/mol. The molecule has 0 bridgehead atoms. The molecule has 3 nitrogen and oxygen atoms in total. The Hall–Kier alpha value is -0.570. The monoisotopic (exact) mass is 212 g/mol. The smallest absolute Gasteiger partial charge is 0.223 e. The maximum atomic E-state index is 11.3. The summed E-state index contributed by atoms with van der Waals surface area (Å²) >= 11 is 0. The molecule has 1 amide bonds. The minimum Gasteiger partial charge on any atom is -0.355 e. The van der Waals surface area contributed by atoms with Crippen LogP contribution in [0.25, 0.3) is 0 Å². The molecule has 0 aliphatic heterocycles. The summed E-state index contributed by atoms with van der Waals surface area (Å²) in [6.07, 6.45) is 3.36. The Morgan fingerprint density at radius 1 is 1.27 bits per heavy atom. The summed E-state index contributed by atoms with van der Waals surface area (Å²) in [7, 11) is 0. The highest BCUT2D eigenvalue weighted by molar-refractivity contribution is 5.80. The molecule has 0 aromatic carbocycles. The molecule has 0 saturated heterocycles. The lowest BCUT2D eigenvalue weighted by atomic mass is 10.1. The molecule has 0 spiro atoms. The molecule has 3 heteroatoms. The van der Waals surface area contributed by atoms with E-state index in [9.17, 15) is 4.79 Å². The van der Waals surface area contributed by atoms with Crippen molar-refractivity contribution in [2.24, 2.45) is 11.8 Å². The van der Waals surface area contributed by atoms with Crippen LogP contribution in [0.3, 0.4) is 0 Å². The molecule has 1 rings (SSSR count). The van der Waals surface area contributed by atoms with Gasteiger partial charge in [-0.3, -0.25) is 4.79 Å². The largest absolute Gasteiger partial charge is 0.355 e. The van der Waals surface area contributed by atoms with E-state index in [-0.39, 0.29) is 5.91 Å². The Morgan fingerprint density at radius 2 is 1.93 bits per heavy atom. The van der Waals surface area contributed by atoms with Crippen LogP contribution in [0.15, 0.2) is 0 Å². The van der Waals surface area contributed by atoms with Gasteiger partial charge >= 0.3 is 0 Å². The Labute approximate surface area is 93.0 Å². The summed E-state index contributed by atoms with van der Waals surface area (Å²) in [5, 5.41) is 6.37. The van der Waals surface area contributed by atoms with Gasteiger partial charge in [-0.1, -0.05) is 13.8 Å². The first-order chi connectivity index (χ1) is 7.09. The normalized spacial score (nSPS) is 17.9. The highest BCUT2D eigenvalue weighted by atomic mass is 16.2. The van der Waals surface area contributed by atoms with Crippen LogP contribution in [-0.2, 0) is 4.79 Å². The third-order valence-corrected chi connectivity index (χ3v) is 2.69. The van der Waals surface area contributed by atoms with Crippen molar-refractivity contribution in [2.45, 2.75) is 46.1 Å². The average molecular weight is 212 g/mol. The van der Waals surface area contributed by atoms with Crippen LogP contribution in [0.1, 0.15) is 40.0 Å². The molecule has 0 aromatic heterocycles. The molecule has 2 N–H and O–H groups in total. The third kappa shape index (κ3) is 5.78. The van der Waals surface area contributed by atoms with Crippen molar-refractivity contribution in [1.29, 1.82) is 0 Å². The van der Waals surface area contributed by atoms with Gasteiger partial charge < -0.3 is 10.6 Å². The number of hydrogen-bond acceptors (Lipinski definition) is 2. The van der Waals surface area contributed by atoms with Crippen molar-refractivity contribution in [1.82, 2.24) is 10.6 Å². The summed E-state index contributed by atoms with van der Waals surface area (Å²) in [6, 6.07) is 0.544. The van der Waals surface area contributed by atoms with E-state index in [0.717, 1.165) is 31.8 Å². The lowest BCUT2D eigenvalue weighted by molar-refractivity contribution is -0.122. The van der Waals surface area contributed by atoms with Gasteiger partial charge in [-0.15, -0.1) is 0 Å². The number of rotatable bonds is 7. The molecule has 1 saturated carbocycles. The summed E-state index contributed by atoms with van der Waals surface area (Å²) in [4.78, 5) is 11.3. The fourth-order valence-electron chi connectivity index (χ4n) is 1.78. The van der Waals surface area contributed by atoms with E-state index in [4.69, 9.17) is 0 Å². The van der Waals surface area contributed by atoms with Crippen LogP contribution in [0.5, 0.6) is 0 Å². The number of carbonyl (C=O) groups excluding carboxylic acids is 1. The van der Waals surface area contributed by atoms with Gasteiger partial charge in [-0.2, -0.15) is 0 Å². The van der Waals surface area contributed by atoms with Gasteiger partial charge in [0.15, 0.2) is 0 Å². The van der Waals surface area contributed by atoms with E-state index < -0.39 is 0 Å². The zero-order valence-corrected chi connectivity index (χ0v) is 10.2. The maximum absolute atomic E-state index is 11.3. The molecular formula is C12H24N2O. The van der Waals surface area contributed by atoms with E-state index in [0.29, 0.717) is 12.0 Å². The van der Waals surface area contributed by atoms with Gasteiger partial charge in [0.25, 0.3) is 0 Å². The molecule has 0 unspecified atom stereocenters. The minimum absolute atomic E-state index is 0.244. The second kappa shape index (κ2) is 6.11. The first-order valence-corrected chi connectivity index (χ1v) is 6.10. The molecule has 0 heterocycles. The fourth-order valence-corrected chi connectivity index (χ4v) is 1.78. The molecule has 1 atom stereocenters. The average Bonchev–Trinajstić information content (AvgIpc) is 2.93. The third-order valence-electron chi connectivity index (χ3n) is 2.69. The summed E-state index contributed by atoms with van der Waals surface area (Å²) in [5.41, 5.74) is 0. The van der Waals surface area contributed by atoms with Crippen molar-refractivity contribution < 1.29 is 4.79 Å².